The summed E-state index contributed by atoms with van der Waals surface area (Å²) in [5, 5.41) is 0. The fourth-order valence-electron chi connectivity index (χ4n) is 1.82. The molecule has 0 aliphatic carbocycles. The maximum atomic E-state index is 11.7. The van der Waals surface area contributed by atoms with Gasteiger partial charge in [0.15, 0.2) is 0 Å². The van der Waals surface area contributed by atoms with Crippen molar-refractivity contribution in [3.05, 3.63) is 27.9 Å². The summed E-state index contributed by atoms with van der Waals surface area (Å²) in [5.74, 6) is 0.855. The number of nitrogens with one attached hydrogen (secondary N) is 1. The zero-order valence-electron chi connectivity index (χ0n) is 12.2. The summed E-state index contributed by atoms with van der Waals surface area (Å²) in [4.78, 5) is 19.0. The van der Waals surface area contributed by atoms with Crippen LogP contribution in [-0.4, -0.2) is 16.6 Å². The van der Waals surface area contributed by atoms with Gasteiger partial charge in [-0.25, -0.2) is 4.98 Å². The molecule has 0 saturated heterocycles. The Bertz CT molecular complexity index is 444. The summed E-state index contributed by atoms with van der Waals surface area (Å²) in [7, 11) is 0. The normalized spacial score (nSPS) is 13.9. The van der Waals surface area contributed by atoms with Crippen LogP contribution in [-0.2, 0) is 4.74 Å². The number of ether oxygens (including phenoxy) is 1. The third-order valence-electron chi connectivity index (χ3n) is 2.74. The van der Waals surface area contributed by atoms with Gasteiger partial charge in [-0.3, -0.25) is 4.79 Å². The Morgan fingerprint density at radius 1 is 1.39 bits per heavy atom. The predicted octanol–water partition coefficient (Wildman–Crippen LogP) is 3.02. The zero-order valence-corrected chi connectivity index (χ0v) is 12.2. The second-order valence-corrected chi connectivity index (χ2v) is 5.91. The lowest BCUT2D eigenvalue weighted by molar-refractivity contribution is -0.0194. The minimum atomic E-state index is -0.200. The molecule has 18 heavy (non-hydrogen) atoms. The van der Waals surface area contributed by atoms with Gasteiger partial charge in [0.05, 0.1) is 5.69 Å². The van der Waals surface area contributed by atoms with Crippen molar-refractivity contribution in [3.8, 4) is 0 Å². The Morgan fingerprint density at radius 3 is 2.44 bits per heavy atom. The second-order valence-electron chi connectivity index (χ2n) is 5.91. The molecule has 0 spiro atoms. The van der Waals surface area contributed by atoms with Gasteiger partial charge < -0.3 is 9.72 Å². The molecule has 1 aromatic heterocycles. The monoisotopic (exact) mass is 252 g/mol. The van der Waals surface area contributed by atoms with E-state index in [1.54, 1.807) is 6.07 Å². The Hall–Kier alpha value is -1.16. The quantitative estimate of drug-likeness (QED) is 0.896. The summed E-state index contributed by atoms with van der Waals surface area (Å²) in [6.07, 6.45) is -0.200. The third-order valence-corrected chi connectivity index (χ3v) is 2.74. The van der Waals surface area contributed by atoms with E-state index in [0.717, 1.165) is 5.69 Å². The summed E-state index contributed by atoms with van der Waals surface area (Å²) >= 11 is 0. The number of aromatic amines is 1. The minimum absolute atomic E-state index is 0.110. The molecule has 0 aromatic carbocycles. The second kappa shape index (κ2) is 5.65. The molecule has 4 nitrogen and oxygen atoms in total. The molecule has 0 bridgehead atoms. The first kappa shape index (κ1) is 14.9. The lowest BCUT2D eigenvalue weighted by Gasteiger charge is -2.29. The number of rotatable bonds is 4. The van der Waals surface area contributed by atoms with Crippen molar-refractivity contribution in [2.45, 2.75) is 53.6 Å². The molecule has 0 amide bonds. The molecule has 0 fully saturated rings. The van der Waals surface area contributed by atoms with Crippen molar-refractivity contribution in [1.29, 1.82) is 0 Å². The highest BCUT2D eigenvalue weighted by molar-refractivity contribution is 5.09. The SMILES string of the molecule is CCOC(c1nc(C(C)C)cc(=O)[nH]1)C(C)(C)C. The van der Waals surface area contributed by atoms with E-state index in [1.807, 2.05) is 20.8 Å². The standard InChI is InChI=1S/C14H24N2O2/c1-7-18-12(14(4,5)6)13-15-10(9(2)3)8-11(17)16-13/h8-9,12H,7H2,1-6H3,(H,15,16,17). The van der Waals surface area contributed by atoms with Crippen LogP contribution in [0.3, 0.4) is 0 Å². The lowest BCUT2D eigenvalue weighted by atomic mass is 9.88. The number of aromatic nitrogens is 2. The van der Waals surface area contributed by atoms with Gasteiger partial charge in [-0.2, -0.15) is 0 Å². The molecule has 1 heterocycles. The van der Waals surface area contributed by atoms with Crippen LogP contribution in [0.4, 0.5) is 0 Å². The van der Waals surface area contributed by atoms with E-state index in [-0.39, 0.29) is 23.0 Å². The van der Waals surface area contributed by atoms with Crippen molar-refractivity contribution < 1.29 is 4.74 Å². The van der Waals surface area contributed by atoms with Crippen LogP contribution in [0.25, 0.3) is 0 Å². The number of hydrogen-bond acceptors (Lipinski definition) is 3. The number of nitrogens with zero attached hydrogens (tertiary/aromatic N) is 1. The van der Waals surface area contributed by atoms with E-state index in [4.69, 9.17) is 4.74 Å². The highest BCUT2D eigenvalue weighted by Gasteiger charge is 2.29. The molecule has 1 aromatic rings. The smallest absolute Gasteiger partial charge is 0.251 e. The van der Waals surface area contributed by atoms with Crippen molar-refractivity contribution in [3.63, 3.8) is 0 Å². The first-order chi connectivity index (χ1) is 8.25. The molecule has 0 radical (unpaired) electrons. The Balaban J connectivity index is 3.24. The topological polar surface area (TPSA) is 55.0 Å². The molecule has 1 atom stereocenters. The molecule has 4 heteroatoms. The number of H-pyrrole nitrogens is 1. The maximum Gasteiger partial charge on any atom is 0.251 e. The van der Waals surface area contributed by atoms with Gasteiger partial charge >= 0.3 is 0 Å². The van der Waals surface area contributed by atoms with E-state index < -0.39 is 0 Å². The van der Waals surface area contributed by atoms with Crippen LogP contribution in [0.2, 0.25) is 0 Å². The van der Waals surface area contributed by atoms with Gasteiger partial charge in [0.2, 0.25) is 0 Å². The molecule has 0 aliphatic heterocycles. The average molecular weight is 252 g/mol. The molecule has 0 aliphatic rings. The van der Waals surface area contributed by atoms with Crippen LogP contribution >= 0.6 is 0 Å². The fourth-order valence-corrected chi connectivity index (χ4v) is 1.82. The van der Waals surface area contributed by atoms with Gasteiger partial charge in [0.25, 0.3) is 5.56 Å². The van der Waals surface area contributed by atoms with Crippen LogP contribution in [0, 0.1) is 5.41 Å². The fraction of sp³-hybridized carbons (Fsp3) is 0.714. The number of hydrogen-bond donors (Lipinski definition) is 1. The molecule has 1 N–H and O–H groups in total. The van der Waals surface area contributed by atoms with E-state index in [0.29, 0.717) is 12.4 Å². The molecule has 102 valence electrons. The van der Waals surface area contributed by atoms with Crippen molar-refractivity contribution in [1.82, 2.24) is 9.97 Å². The van der Waals surface area contributed by atoms with Crippen molar-refractivity contribution in [2.75, 3.05) is 6.61 Å². The van der Waals surface area contributed by atoms with Gasteiger partial charge in [0.1, 0.15) is 11.9 Å². The van der Waals surface area contributed by atoms with E-state index in [1.165, 1.54) is 0 Å². The molecular formula is C14H24N2O2. The average Bonchev–Trinajstić information content (AvgIpc) is 2.23. The van der Waals surface area contributed by atoms with Crippen LogP contribution in [0.5, 0.6) is 0 Å². The minimum Gasteiger partial charge on any atom is -0.370 e. The molecule has 0 saturated carbocycles. The third kappa shape index (κ3) is 3.67. The van der Waals surface area contributed by atoms with Crippen LogP contribution in [0.1, 0.15) is 65.1 Å². The Morgan fingerprint density at radius 2 is 2.00 bits per heavy atom. The lowest BCUT2D eigenvalue weighted by Crippen LogP contribution is -2.26. The Labute approximate surface area is 109 Å². The first-order valence-corrected chi connectivity index (χ1v) is 6.48. The highest BCUT2D eigenvalue weighted by Crippen LogP contribution is 2.34. The highest BCUT2D eigenvalue weighted by atomic mass is 16.5. The first-order valence-electron chi connectivity index (χ1n) is 6.48. The van der Waals surface area contributed by atoms with E-state index >= 15 is 0 Å². The molecule has 1 rings (SSSR count). The van der Waals surface area contributed by atoms with Crippen molar-refractivity contribution >= 4 is 0 Å². The van der Waals surface area contributed by atoms with Gasteiger partial charge in [-0.1, -0.05) is 34.6 Å². The predicted molar refractivity (Wildman–Crippen MR) is 72.8 cm³/mol. The Kier molecular flexibility index (Phi) is 4.68. The summed E-state index contributed by atoms with van der Waals surface area (Å²) < 4.78 is 5.75. The van der Waals surface area contributed by atoms with Gasteiger partial charge in [0, 0.05) is 12.7 Å². The van der Waals surface area contributed by atoms with Crippen LogP contribution < -0.4 is 5.56 Å². The summed E-state index contributed by atoms with van der Waals surface area (Å²) in [6.45, 7) is 12.8. The molecule has 1 unspecified atom stereocenters. The molecular weight excluding hydrogens is 228 g/mol. The summed E-state index contributed by atoms with van der Waals surface area (Å²) in [5.41, 5.74) is 0.585. The zero-order chi connectivity index (χ0) is 13.9. The van der Waals surface area contributed by atoms with Gasteiger partial charge in [-0.15, -0.1) is 0 Å². The van der Waals surface area contributed by atoms with E-state index in [9.17, 15) is 4.79 Å². The van der Waals surface area contributed by atoms with E-state index in [2.05, 4.69) is 30.7 Å². The van der Waals surface area contributed by atoms with Gasteiger partial charge in [-0.05, 0) is 18.3 Å². The van der Waals surface area contributed by atoms with Crippen molar-refractivity contribution in [2.24, 2.45) is 5.41 Å². The summed E-state index contributed by atoms with van der Waals surface area (Å²) in [6, 6.07) is 1.56. The largest absolute Gasteiger partial charge is 0.370 e. The maximum absolute atomic E-state index is 11.7. The van der Waals surface area contributed by atoms with Crippen LogP contribution in [0.15, 0.2) is 10.9 Å².